The summed E-state index contributed by atoms with van der Waals surface area (Å²) in [6, 6.07) is 0. The Morgan fingerprint density at radius 2 is 2.19 bits per heavy atom. The molecule has 1 N–H and O–H groups in total. The molecule has 6 nitrogen and oxygen atoms in total. The number of aliphatic imine (C=N–C) groups is 1. The fourth-order valence-corrected chi connectivity index (χ4v) is 2.33. The number of halogens is 1. The minimum atomic E-state index is -0.179. The second-order valence-corrected chi connectivity index (χ2v) is 5.32. The summed E-state index contributed by atoms with van der Waals surface area (Å²) in [5.74, 6) is 1.23. The van der Waals surface area contributed by atoms with Gasteiger partial charge in [0.1, 0.15) is 0 Å². The summed E-state index contributed by atoms with van der Waals surface area (Å²) >= 11 is 0. The topological polar surface area (TPSA) is 63.2 Å². The van der Waals surface area contributed by atoms with Crippen molar-refractivity contribution >= 4 is 35.9 Å². The van der Waals surface area contributed by atoms with Gasteiger partial charge < -0.3 is 19.7 Å². The van der Waals surface area contributed by atoms with Crippen LogP contribution in [0, 0.1) is 5.92 Å². The molecule has 1 fully saturated rings. The third kappa shape index (κ3) is 7.85. The summed E-state index contributed by atoms with van der Waals surface area (Å²) < 4.78 is 10.3. The lowest BCUT2D eigenvalue weighted by Gasteiger charge is -2.21. The molecule has 124 valence electrons. The van der Waals surface area contributed by atoms with Crippen molar-refractivity contribution in [2.45, 2.75) is 32.8 Å². The van der Waals surface area contributed by atoms with E-state index in [2.05, 4.69) is 15.2 Å². The van der Waals surface area contributed by atoms with Gasteiger partial charge in [-0.05, 0) is 20.3 Å². The SMILES string of the molecule is CN=C(NCCC(=O)OC(C)C)N1CCC(COC)C1.I. The van der Waals surface area contributed by atoms with Crippen LogP contribution >= 0.6 is 24.0 Å². The van der Waals surface area contributed by atoms with Crippen molar-refractivity contribution in [1.29, 1.82) is 0 Å². The number of likely N-dealkylation sites (tertiary alicyclic amines) is 1. The summed E-state index contributed by atoms with van der Waals surface area (Å²) in [5, 5.41) is 3.21. The van der Waals surface area contributed by atoms with Crippen LogP contribution in [-0.4, -0.2) is 63.3 Å². The number of rotatable bonds is 6. The lowest BCUT2D eigenvalue weighted by atomic mass is 10.1. The van der Waals surface area contributed by atoms with Crippen molar-refractivity contribution in [2.24, 2.45) is 10.9 Å². The van der Waals surface area contributed by atoms with E-state index in [1.54, 1.807) is 14.2 Å². The number of nitrogens with zero attached hydrogens (tertiary/aromatic N) is 2. The lowest BCUT2D eigenvalue weighted by molar-refractivity contribution is -0.147. The van der Waals surface area contributed by atoms with E-state index in [9.17, 15) is 4.79 Å². The fourth-order valence-electron chi connectivity index (χ4n) is 2.33. The number of guanidine groups is 1. The zero-order chi connectivity index (χ0) is 15.0. The quantitative estimate of drug-likeness (QED) is 0.310. The first-order chi connectivity index (χ1) is 9.56. The summed E-state index contributed by atoms with van der Waals surface area (Å²) in [7, 11) is 3.49. The Balaban J connectivity index is 0.00000400. The van der Waals surface area contributed by atoms with E-state index in [1.165, 1.54) is 0 Å². The highest BCUT2D eigenvalue weighted by molar-refractivity contribution is 14.0. The maximum Gasteiger partial charge on any atom is 0.307 e. The van der Waals surface area contributed by atoms with Gasteiger partial charge in [0.15, 0.2) is 5.96 Å². The molecule has 0 radical (unpaired) electrons. The zero-order valence-corrected chi connectivity index (χ0v) is 15.8. The maximum absolute atomic E-state index is 11.4. The number of methoxy groups -OCH3 is 1. The average molecular weight is 413 g/mol. The van der Waals surface area contributed by atoms with Gasteiger partial charge in [-0.2, -0.15) is 0 Å². The van der Waals surface area contributed by atoms with Gasteiger partial charge in [0.2, 0.25) is 0 Å². The van der Waals surface area contributed by atoms with E-state index in [-0.39, 0.29) is 36.0 Å². The molecule has 0 aromatic carbocycles. The molecule has 0 bridgehead atoms. The van der Waals surface area contributed by atoms with Crippen molar-refractivity contribution in [3.05, 3.63) is 0 Å². The molecule has 1 saturated heterocycles. The van der Waals surface area contributed by atoms with Crippen molar-refractivity contribution in [2.75, 3.05) is 40.4 Å². The Morgan fingerprint density at radius 3 is 2.76 bits per heavy atom. The van der Waals surface area contributed by atoms with Gasteiger partial charge in [-0.1, -0.05) is 0 Å². The molecule has 0 aromatic heterocycles. The second kappa shape index (κ2) is 11.1. The van der Waals surface area contributed by atoms with E-state index in [4.69, 9.17) is 9.47 Å². The van der Waals surface area contributed by atoms with Crippen LogP contribution in [0.2, 0.25) is 0 Å². The molecule has 0 aromatic rings. The Morgan fingerprint density at radius 1 is 1.48 bits per heavy atom. The average Bonchev–Trinajstić information content (AvgIpc) is 2.82. The van der Waals surface area contributed by atoms with Gasteiger partial charge in [0, 0.05) is 39.7 Å². The van der Waals surface area contributed by atoms with Gasteiger partial charge >= 0.3 is 5.97 Å². The Bertz CT molecular complexity index is 337. The van der Waals surface area contributed by atoms with Crippen LogP contribution in [0.3, 0.4) is 0 Å². The predicted molar refractivity (Wildman–Crippen MR) is 94.2 cm³/mol. The molecule has 1 aliphatic rings. The number of esters is 1. The van der Waals surface area contributed by atoms with E-state index in [0.29, 0.717) is 18.9 Å². The van der Waals surface area contributed by atoms with Crippen LogP contribution < -0.4 is 5.32 Å². The van der Waals surface area contributed by atoms with Crippen molar-refractivity contribution < 1.29 is 14.3 Å². The van der Waals surface area contributed by atoms with Crippen molar-refractivity contribution in [3.8, 4) is 0 Å². The lowest BCUT2D eigenvalue weighted by Crippen LogP contribution is -2.41. The molecule has 7 heteroatoms. The fraction of sp³-hybridized carbons (Fsp3) is 0.857. The zero-order valence-electron chi connectivity index (χ0n) is 13.4. The van der Waals surface area contributed by atoms with E-state index >= 15 is 0 Å². The van der Waals surface area contributed by atoms with E-state index in [1.807, 2.05) is 13.8 Å². The largest absolute Gasteiger partial charge is 0.463 e. The normalized spacial score (nSPS) is 18.6. The first-order valence-corrected chi connectivity index (χ1v) is 7.20. The predicted octanol–water partition coefficient (Wildman–Crippen LogP) is 1.49. The Kier molecular flexibility index (Phi) is 10.8. The minimum Gasteiger partial charge on any atom is -0.463 e. The Hall–Kier alpha value is -0.570. The molecule has 21 heavy (non-hydrogen) atoms. The van der Waals surface area contributed by atoms with Crippen LogP contribution in [0.15, 0.2) is 4.99 Å². The maximum atomic E-state index is 11.4. The van der Waals surface area contributed by atoms with Gasteiger partial charge in [0.05, 0.1) is 19.1 Å². The molecular weight excluding hydrogens is 385 g/mol. The molecule has 1 aliphatic heterocycles. The summed E-state index contributed by atoms with van der Waals surface area (Å²) in [6.07, 6.45) is 1.41. The van der Waals surface area contributed by atoms with Crippen LogP contribution in [-0.2, 0) is 14.3 Å². The van der Waals surface area contributed by atoms with Gasteiger partial charge in [0.25, 0.3) is 0 Å². The summed E-state index contributed by atoms with van der Waals surface area (Å²) in [6.45, 7) is 6.96. The van der Waals surface area contributed by atoms with Crippen LogP contribution in [0.25, 0.3) is 0 Å². The first kappa shape index (κ1) is 20.4. The molecule has 1 unspecified atom stereocenters. The smallest absolute Gasteiger partial charge is 0.307 e. The van der Waals surface area contributed by atoms with Crippen LogP contribution in [0.5, 0.6) is 0 Å². The second-order valence-electron chi connectivity index (χ2n) is 5.32. The number of hydrogen-bond donors (Lipinski definition) is 1. The Labute approximate surface area is 144 Å². The highest BCUT2D eigenvalue weighted by Crippen LogP contribution is 2.16. The molecule has 1 atom stereocenters. The number of hydrogen-bond acceptors (Lipinski definition) is 4. The highest BCUT2D eigenvalue weighted by atomic mass is 127. The number of carbonyl (C=O) groups is 1. The molecule has 0 amide bonds. The van der Waals surface area contributed by atoms with Crippen molar-refractivity contribution in [3.63, 3.8) is 0 Å². The molecule has 0 spiro atoms. The highest BCUT2D eigenvalue weighted by Gasteiger charge is 2.24. The first-order valence-electron chi connectivity index (χ1n) is 7.20. The minimum absolute atomic E-state index is 0. The van der Waals surface area contributed by atoms with Crippen molar-refractivity contribution in [1.82, 2.24) is 10.2 Å². The monoisotopic (exact) mass is 413 g/mol. The number of nitrogens with one attached hydrogen (secondary N) is 1. The third-order valence-electron chi connectivity index (χ3n) is 3.18. The summed E-state index contributed by atoms with van der Waals surface area (Å²) in [4.78, 5) is 17.9. The van der Waals surface area contributed by atoms with Gasteiger partial charge in [-0.15, -0.1) is 24.0 Å². The summed E-state index contributed by atoms with van der Waals surface area (Å²) in [5.41, 5.74) is 0. The molecular formula is C14H28IN3O3. The molecule has 0 saturated carbocycles. The number of carbonyl (C=O) groups excluding carboxylic acids is 1. The van der Waals surface area contributed by atoms with Crippen LogP contribution in [0.1, 0.15) is 26.7 Å². The van der Waals surface area contributed by atoms with E-state index < -0.39 is 0 Å². The van der Waals surface area contributed by atoms with Gasteiger partial charge in [-0.25, -0.2) is 0 Å². The van der Waals surface area contributed by atoms with Gasteiger partial charge in [-0.3, -0.25) is 9.79 Å². The standard InChI is InChI=1S/C14H27N3O3.HI/c1-11(2)20-13(18)5-7-16-14(15-3)17-8-6-12(9-17)10-19-4;/h11-12H,5-10H2,1-4H3,(H,15,16);1H. The van der Waals surface area contributed by atoms with E-state index in [0.717, 1.165) is 32.1 Å². The molecule has 1 heterocycles. The molecule has 0 aliphatic carbocycles. The number of ether oxygens (including phenoxy) is 2. The molecule has 1 rings (SSSR count). The van der Waals surface area contributed by atoms with Crippen LogP contribution in [0.4, 0.5) is 0 Å². The third-order valence-corrected chi connectivity index (χ3v) is 3.18.